The Morgan fingerprint density at radius 2 is 2.06 bits per heavy atom. The SMILES string of the molecule is COc1ccc2c3c([nH]c2c1)[C@@H](CO)N(Cc1cccc(Cl)c1)CC31CN(C(C)=O)C1. The van der Waals surface area contributed by atoms with Gasteiger partial charge < -0.3 is 19.7 Å². The van der Waals surface area contributed by atoms with Crippen molar-refractivity contribution in [1.82, 2.24) is 14.8 Å². The summed E-state index contributed by atoms with van der Waals surface area (Å²) in [6.45, 7) is 4.42. The molecule has 1 amide bonds. The van der Waals surface area contributed by atoms with Crippen molar-refractivity contribution in [1.29, 1.82) is 0 Å². The molecule has 2 aliphatic heterocycles. The first kappa shape index (κ1) is 20.4. The van der Waals surface area contributed by atoms with E-state index in [1.54, 1.807) is 14.0 Å². The lowest BCUT2D eigenvalue weighted by Crippen LogP contribution is -2.67. The van der Waals surface area contributed by atoms with E-state index in [2.05, 4.69) is 22.0 Å². The van der Waals surface area contributed by atoms with Gasteiger partial charge in [0.05, 0.1) is 19.8 Å². The lowest BCUT2D eigenvalue weighted by molar-refractivity contribution is -0.138. The first-order valence-electron chi connectivity index (χ1n) is 10.5. The molecular weight excluding hydrogens is 414 g/mol. The van der Waals surface area contributed by atoms with Crippen LogP contribution >= 0.6 is 11.6 Å². The molecule has 0 unspecified atom stereocenters. The van der Waals surface area contributed by atoms with Crippen molar-refractivity contribution < 1.29 is 14.6 Å². The molecule has 162 valence electrons. The maximum Gasteiger partial charge on any atom is 0.219 e. The minimum atomic E-state index is -0.169. The zero-order valence-electron chi connectivity index (χ0n) is 17.7. The quantitative estimate of drug-likeness (QED) is 0.653. The normalized spacial score (nSPS) is 20.0. The number of rotatable bonds is 4. The van der Waals surface area contributed by atoms with Crippen LogP contribution in [0.3, 0.4) is 0 Å². The number of carbonyl (C=O) groups is 1. The number of aliphatic hydroxyl groups is 1. The van der Waals surface area contributed by atoms with Gasteiger partial charge in [-0.1, -0.05) is 23.7 Å². The van der Waals surface area contributed by atoms with E-state index in [0.29, 0.717) is 24.7 Å². The van der Waals surface area contributed by atoms with Gasteiger partial charge in [0.1, 0.15) is 5.75 Å². The van der Waals surface area contributed by atoms with Crippen LogP contribution in [0, 0.1) is 0 Å². The number of carbonyl (C=O) groups excluding carboxylic acids is 1. The van der Waals surface area contributed by atoms with Gasteiger partial charge in [-0.25, -0.2) is 0 Å². The molecule has 1 fully saturated rings. The summed E-state index contributed by atoms with van der Waals surface area (Å²) in [5, 5.41) is 12.2. The molecule has 2 aromatic carbocycles. The monoisotopic (exact) mass is 439 g/mol. The molecule has 2 aliphatic rings. The number of halogens is 1. The van der Waals surface area contributed by atoms with Crippen molar-refractivity contribution in [3.63, 3.8) is 0 Å². The average molecular weight is 440 g/mol. The topological polar surface area (TPSA) is 68.8 Å². The Labute approximate surface area is 186 Å². The number of aromatic nitrogens is 1. The number of benzene rings is 2. The second kappa shape index (κ2) is 7.55. The second-order valence-corrected chi connectivity index (χ2v) is 9.15. The highest BCUT2D eigenvalue weighted by atomic mass is 35.5. The van der Waals surface area contributed by atoms with Crippen LogP contribution < -0.4 is 4.74 Å². The molecule has 5 rings (SSSR count). The van der Waals surface area contributed by atoms with Gasteiger partial charge in [0.2, 0.25) is 5.91 Å². The predicted octanol–water partition coefficient (Wildman–Crippen LogP) is 3.48. The average Bonchev–Trinajstić information content (AvgIpc) is 3.10. The number of nitrogens with one attached hydrogen (secondary N) is 1. The van der Waals surface area contributed by atoms with Crippen LogP contribution in [0.4, 0.5) is 0 Å². The number of aliphatic hydroxyl groups excluding tert-OH is 1. The van der Waals surface area contributed by atoms with Crippen molar-refractivity contribution in [2.45, 2.75) is 24.9 Å². The summed E-state index contributed by atoms with van der Waals surface area (Å²) in [6, 6.07) is 13.7. The van der Waals surface area contributed by atoms with Gasteiger partial charge in [-0.3, -0.25) is 9.69 Å². The molecule has 1 atom stereocenters. The molecule has 3 heterocycles. The first-order chi connectivity index (χ1) is 14.9. The summed E-state index contributed by atoms with van der Waals surface area (Å²) in [5.41, 5.74) is 4.18. The molecule has 0 saturated carbocycles. The highest BCUT2D eigenvalue weighted by Crippen LogP contribution is 2.48. The number of nitrogens with zero attached hydrogens (tertiary/aromatic N) is 2. The van der Waals surface area contributed by atoms with Crippen LogP contribution in [-0.4, -0.2) is 59.1 Å². The third kappa shape index (κ3) is 3.30. The van der Waals surface area contributed by atoms with Gasteiger partial charge in [-0.15, -0.1) is 0 Å². The zero-order chi connectivity index (χ0) is 21.8. The first-order valence-corrected chi connectivity index (χ1v) is 10.9. The molecule has 7 heteroatoms. The van der Waals surface area contributed by atoms with E-state index in [0.717, 1.165) is 34.5 Å². The highest BCUT2D eigenvalue weighted by Gasteiger charge is 2.53. The summed E-state index contributed by atoms with van der Waals surface area (Å²) < 4.78 is 5.41. The number of ether oxygens (including phenoxy) is 1. The molecule has 1 spiro atoms. The fourth-order valence-corrected chi connectivity index (χ4v) is 5.53. The molecule has 6 nitrogen and oxygen atoms in total. The summed E-state index contributed by atoms with van der Waals surface area (Å²) in [5.74, 6) is 0.884. The summed E-state index contributed by atoms with van der Waals surface area (Å²) in [6.07, 6.45) is 0. The number of fused-ring (bicyclic) bond motifs is 4. The Bertz CT molecular complexity index is 1150. The van der Waals surface area contributed by atoms with Crippen LogP contribution in [0.25, 0.3) is 10.9 Å². The molecule has 0 aliphatic carbocycles. The van der Waals surface area contributed by atoms with Crippen molar-refractivity contribution in [2.75, 3.05) is 33.4 Å². The lowest BCUT2D eigenvalue weighted by Gasteiger charge is -2.56. The van der Waals surface area contributed by atoms with Crippen LogP contribution in [0.5, 0.6) is 5.75 Å². The van der Waals surface area contributed by atoms with Crippen molar-refractivity contribution in [3.8, 4) is 5.75 Å². The zero-order valence-corrected chi connectivity index (χ0v) is 18.4. The van der Waals surface area contributed by atoms with Crippen LogP contribution in [0.2, 0.25) is 5.02 Å². The number of aromatic amines is 1. The molecule has 0 bridgehead atoms. The van der Waals surface area contributed by atoms with Crippen molar-refractivity contribution in [3.05, 3.63) is 64.3 Å². The Kier molecular flexibility index (Phi) is 4.96. The van der Waals surface area contributed by atoms with Crippen molar-refractivity contribution >= 4 is 28.4 Å². The standard InChI is InChI=1S/C24H26ClN3O3/c1-15(30)28-13-24(14-28)12-27(10-16-4-3-5-17(25)8-16)21(11-29)23-22(24)19-7-6-18(31-2)9-20(19)26-23/h3-9,21,26,29H,10-14H2,1-2H3/t21-/m1/s1. The van der Waals surface area contributed by atoms with E-state index in [1.807, 2.05) is 35.2 Å². The molecular formula is C24H26ClN3O3. The summed E-state index contributed by atoms with van der Waals surface area (Å²) >= 11 is 6.21. The molecule has 0 radical (unpaired) electrons. The molecule has 3 aromatic rings. The summed E-state index contributed by atoms with van der Waals surface area (Å²) in [4.78, 5) is 19.8. The van der Waals surface area contributed by atoms with E-state index in [1.165, 1.54) is 5.56 Å². The number of hydrogen-bond donors (Lipinski definition) is 2. The second-order valence-electron chi connectivity index (χ2n) is 8.71. The van der Waals surface area contributed by atoms with E-state index in [4.69, 9.17) is 16.3 Å². The largest absolute Gasteiger partial charge is 0.497 e. The molecule has 2 N–H and O–H groups in total. The number of methoxy groups -OCH3 is 1. The van der Waals surface area contributed by atoms with Gasteiger partial charge in [-0.2, -0.15) is 0 Å². The van der Waals surface area contributed by atoms with Gasteiger partial charge in [0, 0.05) is 66.2 Å². The smallest absolute Gasteiger partial charge is 0.219 e. The Hall–Kier alpha value is -2.54. The van der Waals surface area contributed by atoms with Crippen LogP contribution in [-0.2, 0) is 16.8 Å². The fraction of sp³-hybridized carbons (Fsp3) is 0.375. The van der Waals surface area contributed by atoms with E-state index >= 15 is 0 Å². The van der Waals surface area contributed by atoms with Gasteiger partial charge in [0.15, 0.2) is 0 Å². The van der Waals surface area contributed by atoms with E-state index < -0.39 is 0 Å². The summed E-state index contributed by atoms with van der Waals surface area (Å²) in [7, 11) is 1.66. The minimum Gasteiger partial charge on any atom is -0.497 e. The Morgan fingerprint density at radius 1 is 1.26 bits per heavy atom. The Balaban J connectivity index is 1.61. The van der Waals surface area contributed by atoms with Crippen molar-refractivity contribution in [2.24, 2.45) is 0 Å². The fourth-order valence-electron chi connectivity index (χ4n) is 5.31. The number of amides is 1. The molecule has 1 saturated heterocycles. The molecule has 1 aromatic heterocycles. The maximum atomic E-state index is 12.0. The van der Waals surface area contributed by atoms with E-state index in [9.17, 15) is 9.90 Å². The van der Waals surface area contributed by atoms with Crippen LogP contribution in [0.1, 0.15) is 29.8 Å². The number of H-pyrrole nitrogens is 1. The maximum absolute atomic E-state index is 12.0. The minimum absolute atomic E-state index is 0.00399. The molecule has 31 heavy (non-hydrogen) atoms. The lowest BCUT2D eigenvalue weighted by atomic mass is 9.68. The third-order valence-electron chi connectivity index (χ3n) is 6.72. The van der Waals surface area contributed by atoms with Gasteiger partial charge in [0.25, 0.3) is 0 Å². The predicted molar refractivity (Wildman–Crippen MR) is 120 cm³/mol. The van der Waals surface area contributed by atoms with Gasteiger partial charge in [-0.05, 0) is 35.4 Å². The van der Waals surface area contributed by atoms with Crippen LogP contribution in [0.15, 0.2) is 42.5 Å². The highest BCUT2D eigenvalue weighted by molar-refractivity contribution is 6.30. The van der Waals surface area contributed by atoms with Gasteiger partial charge >= 0.3 is 0 Å². The number of hydrogen-bond acceptors (Lipinski definition) is 4. The third-order valence-corrected chi connectivity index (χ3v) is 6.96. The van der Waals surface area contributed by atoms with E-state index in [-0.39, 0.29) is 24.0 Å². The Morgan fingerprint density at radius 3 is 2.74 bits per heavy atom. The number of likely N-dealkylation sites (tertiary alicyclic amines) is 1.